The molecule has 0 spiro atoms. The van der Waals surface area contributed by atoms with E-state index in [1.165, 1.54) is 11.3 Å². The molecular weight excluding hydrogens is 412 g/mol. The first kappa shape index (κ1) is 21.2. The van der Waals surface area contributed by atoms with Gasteiger partial charge in [0, 0.05) is 50.5 Å². The lowest BCUT2D eigenvalue weighted by molar-refractivity contribution is -0.137. The number of aliphatic carboxylic acids is 1. The number of carboxylic acid groups (broad SMARTS) is 1. The zero-order valence-corrected chi connectivity index (χ0v) is 18.6. The number of aryl methyl sites for hydroxylation is 1. The van der Waals surface area contributed by atoms with Crippen molar-refractivity contribution in [3.63, 3.8) is 0 Å². The molecule has 6 heteroatoms. The quantitative estimate of drug-likeness (QED) is 0.459. The summed E-state index contributed by atoms with van der Waals surface area (Å²) >= 11 is 0. The molecule has 1 aromatic heterocycles. The Kier molecular flexibility index (Phi) is 6.09. The zero-order valence-electron chi connectivity index (χ0n) is 18.6. The highest BCUT2D eigenvalue weighted by atomic mass is 16.4. The maximum Gasteiger partial charge on any atom is 0.305 e. The van der Waals surface area contributed by atoms with E-state index in [0.29, 0.717) is 6.54 Å². The number of benzene rings is 3. The Hall–Kier alpha value is -3.64. The van der Waals surface area contributed by atoms with Crippen LogP contribution in [0.25, 0.3) is 22.4 Å². The first-order chi connectivity index (χ1) is 16.2. The minimum Gasteiger partial charge on any atom is -0.481 e. The largest absolute Gasteiger partial charge is 0.481 e. The van der Waals surface area contributed by atoms with Gasteiger partial charge in [-0.3, -0.25) is 9.69 Å². The van der Waals surface area contributed by atoms with Crippen LogP contribution in [-0.2, 0) is 17.9 Å². The molecule has 33 heavy (non-hydrogen) atoms. The van der Waals surface area contributed by atoms with Gasteiger partial charge in [-0.25, -0.2) is 4.98 Å². The molecule has 0 atom stereocenters. The summed E-state index contributed by atoms with van der Waals surface area (Å²) in [7, 11) is 0. The van der Waals surface area contributed by atoms with Crippen LogP contribution in [0.4, 0.5) is 5.69 Å². The zero-order chi connectivity index (χ0) is 22.6. The molecule has 168 valence electrons. The molecule has 0 saturated carbocycles. The topological polar surface area (TPSA) is 61.6 Å². The average molecular weight is 441 g/mol. The van der Waals surface area contributed by atoms with Gasteiger partial charge in [-0.2, -0.15) is 0 Å². The molecule has 1 saturated heterocycles. The molecular formula is C27H28N4O2. The monoisotopic (exact) mass is 440 g/mol. The van der Waals surface area contributed by atoms with Crippen LogP contribution in [0.2, 0.25) is 0 Å². The van der Waals surface area contributed by atoms with E-state index in [9.17, 15) is 9.90 Å². The van der Waals surface area contributed by atoms with Crippen molar-refractivity contribution in [1.82, 2.24) is 14.5 Å². The maximum atomic E-state index is 11.2. The third-order valence-corrected chi connectivity index (χ3v) is 6.29. The molecule has 6 nitrogen and oxygen atoms in total. The smallest absolute Gasteiger partial charge is 0.305 e. The second-order valence-electron chi connectivity index (χ2n) is 8.52. The van der Waals surface area contributed by atoms with Gasteiger partial charge in [0.2, 0.25) is 0 Å². The summed E-state index contributed by atoms with van der Waals surface area (Å²) in [6, 6.07) is 27.0. The fraction of sp³-hybridized carbons (Fsp3) is 0.259. The summed E-state index contributed by atoms with van der Waals surface area (Å²) in [6.45, 7) is 5.39. The Morgan fingerprint density at radius 2 is 1.64 bits per heavy atom. The van der Waals surface area contributed by atoms with Crippen LogP contribution in [0.5, 0.6) is 0 Å². The van der Waals surface area contributed by atoms with E-state index >= 15 is 0 Å². The molecule has 1 fully saturated rings. The molecule has 4 aromatic rings. The number of hydrogen-bond donors (Lipinski definition) is 1. The lowest BCUT2D eigenvalue weighted by atomic mass is 10.1. The summed E-state index contributed by atoms with van der Waals surface area (Å²) in [4.78, 5) is 21.0. The molecule has 1 aliphatic rings. The first-order valence-corrected chi connectivity index (χ1v) is 11.5. The Morgan fingerprint density at radius 3 is 2.42 bits per heavy atom. The van der Waals surface area contributed by atoms with Gasteiger partial charge in [0.1, 0.15) is 5.82 Å². The second kappa shape index (κ2) is 9.46. The first-order valence-electron chi connectivity index (χ1n) is 11.5. The number of imidazole rings is 1. The van der Waals surface area contributed by atoms with E-state index in [0.717, 1.165) is 55.1 Å². The second-order valence-corrected chi connectivity index (χ2v) is 8.52. The highest BCUT2D eigenvalue weighted by molar-refractivity contribution is 5.81. The summed E-state index contributed by atoms with van der Waals surface area (Å²) in [5.41, 5.74) is 5.42. The average Bonchev–Trinajstić information content (AvgIpc) is 3.23. The van der Waals surface area contributed by atoms with Crippen LogP contribution < -0.4 is 4.90 Å². The summed E-state index contributed by atoms with van der Waals surface area (Å²) in [6.07, 6.45) is 0.0682. The molecule has 0 unspecified atom stereocenters. The number of anilines is 1. The molecule has 0 bridgehead atoms. The van der Waals surface area contributed by atoms with E-state index in [1.54, 1.807) is 0 Å². The van der Waals surface area contributed by atoms with E-state index in [-0.39, 0.29) is 6.42 Å². The normalized spacial score (nSPS) is 14.6. The molecule has 3 aromatic carbocycles. The highest BCUT2D eigenvalue weighted by Crippen LogP contribution is 2.26. The molecule has 2 heterocycles. The molecule has 1 N–H and O–H groups in total. The Bertz CT molecular complexity index is 1240. The molecule has 0 aliphatic carbocycles. The van der Waals surface area contributed by atoms with Gasteiger partial charge in [-0.15, -0.1) is 0 Å². The number of aromatic nitrogens is 2. The number of para-hydroxylation sites is 3. The van der Waals surface area contributed by atoms with Crippen LogP contribution in [0, 0.1) is 0 Å². The number of rotatable bonds is 7. The SMILES string of the molecule is O=C(O)CCn1c(-c2cccc(CN3CCN(c4ccccc4)CC3)c2)nc2ccccc21. The number of piperazine rings is 1. The lowest BCUT2D eigenvalue weighted by Gasteiger charge is -2.36. The van der Waals surface area contributed by atoms with Crippen LogP contribution >= 0.6 is 0 Å². The van der Waals surface area contributed by atoms with Gasteiger partial charge in [-0.05, 0) is 35.9 Å². The van der Waals surface area contributed by atoms with E-state index in [4.69, 9.17) is 4.98 Å². The minimum absolute atomic E-state index is 0.0682. The van der Waals surface area contributed by atoms with E-state index in [1.807, 2.05) is 28.8 Å². The van der Waals surface area contributed by atoms with Crippen molar-refractivity contribution < 1.29 is 9.90 Å². The van der Waals surface area contributed by atoms with Crippen LogP contribution in [-0.4, -0.2) is 51.7 Å². The highest BCUT2D eigenvalue weighted by Gasteiger charge is 2.18. The van der Waals surface area contributed by atoms with Gasteiger partial charge < -0.3 is 14.6 Å². The van der Waals surface area contributed by atoms with Crippen molar-refractivity contribution in [2.75, 3.05) is 31.1 Å². The standard InChI is InChI=1S/C27H28N4O2/c32-26(33)13-14-31-25-12-5-4-11-24(25)28-27(31)22-8-6-7-21(19-22)20-29-15-17-30(18-16-29)23-9-2-1-3-10-23/h1-12,19H,13-18,20H2,(H,32,33). The Labute approximate surface area is 193 Å². The number of hydrogen-bond acceptors (Lipinski definition) is 4. The Balaban J connectivity index is 1.33. The summed E-state index contributed by atoms with van der Waals surface area (Å²) < 4.78 is 2.03. The van der Waals surface area contributed by atoms with Crippen molar-refractivity contribution in [2.45, 2.75) is 19.5 Å². The van der Waals surface area contributed by atoms with Gasteiger partial charge in [-0.1, -0.05) is 48.5 Å². The van der Waals surface area contributed by atoms with Crippen molar-refractivity contribution in [1.29, 1.82) is 0 Å². The van der Waals surface area contributed by atoms with Crippen LogP contribution in [0.15, 0.2) is 78.9 Å². The molecule has 0 amide bonds. The third kappa shape index (κ3) is 4.76. The van der Waals surface area contributed by atoms with Crippen molar-refractivity contribution in [3.8, 4) is 11.4 Å². The molecule has 5 rings (SSSR count). The fourth-order valence-electron chi connectivity index (χ4n) is 4.60. The predicted molar refractivity (Wildman–Crippen MR) is 131 cm³/mol. The van der Waals surface area contributed by atoms with Gasteiger partial charge in [0.15, 0.2) is 0 Å². The van der Waals surface area contributed by atoms with Gasteiger partial charge in [0.05, 0.1) is 17.5 Å². The third-order valence-electron chi connectivity index (χ3n) is 6.29. The van der Waals surface area contributed by atoms with E-state index in [2.05, 4.69) is 64.4 Å². The van der Waals surface area contributed by atoms with Crippen LogP contribution in [0.3, 0.4) is 0 Å². The fourth-order valence-corrected chi connectivity index (χ4v) is 4.60. The lowest BCUT2D eigenvalue weighted by Crippen LogP contribution is -2.45. The number of fused-ring (bicyclic) bond motifs is 1. The summed E-state index contributed by atoms with van der Waals surface area (Å²) in [5.74, 6) is 0.0234. The van der Waals surface area contributed by atoms with Gasteiger partial charge >= 0.3 is 5.97 Å². The van der Waals surface area contributed by atoms with Gasteiger partial charge in [0.25, 0.3) is 0 Å². The maximum absolute atomic E-state index is 11.2. The number of carboxylic acids is 1. The number of carbonyl (C=O) groups is 1. The van der Waals surface area contributed by atoms with E-state index < -0.39 is 5.97 Å². The van der Waals surface area contributed by atoms with Crippen molar-refractivity contribution in [2.24, 2.45) is 0 Å². The number of nitrogens with zero attached hydrogens (tertiary/aromatic N) is 4. The van der Waals surface area contributed by atoms with Crippen molar-refractivity contribution >= 4 is 22.7 Å². The van der Waals surface area contributed by atoms with Crippen LogP contribution in [0.1, 0.15) is 12.0 Å². The molecule has 0 radical (unpaired) electrons. The minimum atomic E-state index is -0.804. The molecule has 1 aliphatic heterocycles. The Morgan fingerprint density at radius 1 is 0.879 bits per heavy atom. The van der Waals surface area contributed by atoms with Crippen molar-refractivity contribution in [3.05, 3.63) is 84.4 Å². The predicted octanol–water partition coefficient (Wildman–Crippen LogP) is 4.50. The summed E-state index contributed by atoms with van der Waals surface area (Å²) in [5, 5.41) is 9.22.